The van der Waals surface area contributed by atoms with E-state index in [1.54, 1.807) is 13.0 Å². The second kappa shape index (κ2) is 8.19. The first-order valence-electron chi connectivity index (χ1n) is 11.0. The molecule has 0 aromatic carbocycles. The molecule has 4 rings (SSSR count). The number of hydrogen-bond acceptors (Lipinski definition) is 3. The molecule has 3 aliphatic rings. The van der Waals surface area contributed by atoms with Crippen molar-refractivity contribution in [3.05, 3.63) is 11.8 Å². The molecule has 1 amide bonds. The third-order valence-electron chi connectivity index (χ3n) is 6.91. The number of aryl methyl sites for hydroxylation is 1. The topological polar surface area (TPSA) is 50.2 Å². The molecule has 1 saturated carbocycles. The first kappa shape index (κ1) is 20.5. The standard InChI is InChI=1S/C21H31F3N4O/c1-14-10-19-25-17(12-18(21(22,23)24)28(19)26-14)16-8-5-9-27(13-16)20(29)11-15-6-3-2-4-7-15/h10,15-18,25H,2-9,11-13H2,1H3/t16?,17-,18+/m0/s1. The fourth-order valence-electron chi connectivity index (χ4n) is 5.37. The molecule has 1 aromatic heterocycles. The average Bonchev–Trinajstić information content (AvgIpc) is 3.07. The van der Waals surface area contributed by atoms with Crippen LogP contribution in [0, 0.1) is 18.8 Å². The van der Waals surface area contributed by atoms with Gasteiger partial charge in [-0.1, -0.05) is 19.3 Å². The van der Waals surface area contributed by atoms with Gasteiger partial charge in [-0.15, -0.1) is 0 Å². The van der Waals surface area contributed by atoms with E-state index in [-0.39, 0.29) is 24.3 Å². The first-order chi connectivity index (χ1) is 13.8. The lowest BCUT2D eigenvalue weighted by molar-refractivity contribution is -0.175. The molecule has 3 atom stereocenters. The van der Waals surface area contributed by atoms with Crippen molar-refractivity contribution < 1.29 is 18.0 Å². The van der Waals surface area contributed by atoms with Gasteiger partial charge in [0.15, 0.2) is 6.04 Å². The summed E-state index contributed by atoms with van der Waals surface area (Å²) in [6.07, 6.45) is 3.87. The van der Waals surface area contributed by atoms with Gasteiger partial charge in [-0.25, -0.2) is 4.68 Å². The minimum Gasteiger partial charge on any atom is -0.367 e. The van der Waals surface area contributed by atoms with E-state index in [9.17, 15) is 18.0 Å². The van der Waals surface area contributed by atoms with E-state index >= 15 is 0 Å². The highest BCUT2D eigenvalue weighted by Crippen LogP contribution is 2.42. The Morgan fingerprint density at radius 1 is 1.21 bits per heavy atom. The molecular weight excluding hydrogens is 381 g/mol. The van der Waals surface area contributed by atoms with E-state index < -0.39 is 12.2 Å². The Morgan fingerprint density at radius 2 is 1.97 bits per heavy atom. The summed E-state index contributed by atoms with van der Waals surface area (Å²) in [5.74, 6) is 1.14. The van der Waals surface area contributed by atoms with Gasteiger partial charge in [0.05, 0.1) is 5.69 Å². The van der Waals surface area contributed by atoms with Crippen LogP contribution < -0.4 is 5.32 Å². The molecule has 162 valence electrons. The summed E-state index contributed by atoms with van der Waals surface area (Å²) in [6, 6.07) is -0.221. The Kier molecular flexibility index (Phi) is 5.80. The number of likely N-dealkylation sites (tertiary alicyclic amines) is 1. The second-order valence-corrected chi connectivity index (χ2v) is 9.11. The monoisotopic (exact) mass is 412 g/mol. The fraction of sp³-hybridized carbons (Fsp3) is 0.810. The van der Waals surface area contributed by atoms with Gasteiger partial charge >= 0.3 is 6.18 Å². The van der Waals surface area contributed by atoms with Gasteiger partial charge in [0.25, 0.3) is 0 Å². The highest BCUT2D eigenvalue weighted by Gasteiger charge is 2.48. The van der Waals surface area contributed by atoms with Gasteiger partial charge in [0.1, 0.15) is 5.82 Å². The Bertz CT molecular complexity index is 726. The Morgan fingerprint density at radius 3 is 2.69 bits per heavy atom. The summed E-state index contributed by atoms with van der Waals surface area (Å²) in [5.41, 5.74) is 0.579. The van der Waals surface area contributed by atoms with Crippen molar-refractivity contribution in [3.63, 3.8) is 0 Å². The van der Waals surface area contributed by atoms with Crippen LogP contribution in [0.25, 0.3) is 0 Å². The minimum absolute atomic E-state index is 0.0348. The Labute approximate surface area is 170 Å². The summed E-state index contributed by atoms with van der Waals surface area (Å²) in [6.45, 7) is 3.00. The number of amides is 1. The number of piperidine rings is 1. The predicted octanol–water partition coefficient (Wildman–Crippen LogP) is 4.69. The molecule has 2 fully saturated rings. The van der Waals surface area contributed by atoms with Gasteiger partial charge < -0.3 is 10.2 Å². The zero-order chi connectivity index (χ0) is 20.6. The van der Waals surface area contributed by atoms with Crippen LogP contribution in [0.2, 0.25) is 0 Å². The summed E-state index contributed by atoms with van der Waals surface area (Å²) in [4.78, 5) is 14.7. The summed E-state index contributed by atoms with van der Waals surface area (Å²) in [7, 11) is 0. The van der Waals surface area contributed by atoms with Crippen molar-refractivity contribution in [1.82, 2.24) is 14.7 Å². The zero-order valence-corrected chi connectivity index (χ0v) is 17.0. The van der Waals surface area contributed by atoms with Crippen molar-refractivity contribution >= 4 is 11.7 Å². The van der Waals surface area contributed by atoms with Crippen LogP contribution in [0.4, 0.5) is 19.0 Å². The maximum absolute atomic E-state index is 13.7. The SMILES string of the molecule is Cc1cc2n(n1)[C@@H](C(F)(F)F)C[C@@H](C1CCCN(C(=O)CC3CCCCC3)C1)N2. The fourth-order valence-corrected chi connectivity index (χ4v) is 5.37. The second-order valence-electron chi connectivity index (χ2n) is 9.11. The lowest BCUT2D eigenvalue weighted by atomic mass is 9.84. The van der Waals surface area contributed by atoms with E-state index in [1.165, 1.54) is 19.3 Å². The van der Waals surface area contributed by atoms with Crippen LogP contribution in [0.3, 0.4) is 0 Å². The summed E-state index contributed by atoms with van der Waals surface area (Å²) < 4.78 is 42.1. The lowest BCUT2D eigenvalue weighted by Gasteiger charge is -2.42. The molecule has 1 unspecified atom stereocenters. The number of fused-ring (bicyclic) bond motifs is 1. The zero-order valence-electron chi connectivity index (χ0n) is 17.0. The minimum atomic E-state index is -4.33. The number of aromatic nitrogens is 2. The van der Waals surface area contributed by atoms with Crippen LogP contribution in [0.1, 0.15) is 69.5 Å². The number of anilines is 1. The molecule has 1 aromatic rings. The van der Waals surface area contributed by atoms with Crippen LogP contribution in [-0.2, 0) is 4.79 Å². The number of rotatable bonds is 3. The van der Waals surface area contributed by atoms with E-state index in [0.29, 0.717) is 30.4 Å². The molecule has 8 heteroatoms. The molecule has 5 nitrogen and oxygen atoms in total. The van der Waals surface area contributed by atoms with E-state index in [1.807, 2.05) is 4.90 Å². The van der Waals surface area contributed by atoms with Crippen LogP contribution in [-0.4, -0.2) is 45.9 Å². The van der Waals surface area contributed by atoms with Gasteiger partial charge in [0, 0.05) is 31.6 Å². The molecule has 0 bridgehead atoms. The number of hydrogen-bond donors (Lipinski definition) is 1. The third-order valence-corrected chi connectivity index (χ3v) is 6.91. The highest BCUT2D eigenvalue weighted by molar-refractivity contribution is 5.76. The molecule has 0 spiro atoms. The van der Waals surface area contributed by atoms with Crippen LogP contribution in [0.15, 0.2) is 6.07 Å². The smallest absolute Gasteiger partial charge is 0.367 e. The molecule has 0 radical (unpaired) electrons. The molecular formula is C21H31F3N4O. The van der Waals surface area contributed by atoms with Crippen LogP contribution in [0.5, 0.6) is 0 Å². The molecule has 1 N–H and O–H groups in total. The van der Waals surface area contributed by atoms with Crippen molar-refractivity contribution in [1.29, 1.82) is 0 Å². The quantitative estimate of drug-likeness (QED) is 0.784. The number of carbonyl (C=O) groups is 1. The van der Waals surface area contributed by atoms with Gasteiger partial charge in [-0.2, -0.15) is 18.3 Å². The number of alkyl halides is 3. The van der Waals surface area contributed by atoms with Crippen LogP contribution >= 0.6 is 0 Å². The normalized spacial score (nSPS) is 28.7. The van der Waals surface area contributed by atoms with Crippen molar-refractivity contribution in [2.75, 3.05) is 18.4 Å². The van der Waals surface area contributed by atoms with Gasteiger partial charge in [0.2, 0.25) is 5.91 Å². The molecule has 3 heterocycles. The lowest BCUT2D eigenvalue weighted by Crippen LogP contribution is -2.49. The highest BCUT2D eigenvalue weighted by atomic mass is 19.4. The molecule has 29 heavy (non-hydrogen) atoms. The van der Waals surface area contributed by atoms with Crippen molar-refractivity contribution in [2.24, 2.45) is 11.8 Å². The predicted molar refractivity (Wildman–Crippen MR) is 105 cm³/mol. The van der Waals surface area contributed by atoms with E-state index in [0.717, 1.165) is 36.9 Å². The number of carbonyl (C=O) groups excluding carboxylic acids is 1. The van der Waals surface area contributed by atoms with Gasteiger partial charge in [-0.3, -0.25) is 4.79 Å². The van der Waals surface area contributed by atoms with E-state index in [2.05, 4.69) is 10.4 Å². The number of nitrogens with zero attached hydrogens (tertiary/aromatic N) is 3. The number of halogens is 3. The van der Waals surface area contributed by atoms with Gasteiger partial charge in [-0.05, 0) is 50.9 Å². The molecule has 2 aliphatic heterocycles. The largest absolute Gasteiger partial charge is 0.410 e. The summed E-state index contributed by atoms with van der Waals surface area (Å²) in [5, 5.41) is 7.35. The average molecular weight is 413 g/mol. The Hall–Kier alpha value is -1.73. The van der Waals surface area contributed by atoms with E-state index in [4.69, 9.17) is 0 Å². The third kappa shape index (κ3) is 4.56. The maximum atomic E-state index is 13.7. The molecule has 1 aliphatic carbocycles. The van der Waals surface area contributed by atoms with Crippen molar-refractivity contribution in [2.45, 2.75) is 83.0 Å². The summed E-state index contributed by atoms with van der Waals surface area (Å²) >= 11 is 0. The Balaban J connectivity index is 1.43. The maximum Gasteiger partial charge on any atom is 0.410 e. The molecule has 1 saturated heterocycles. The van der Waals surface area contributed by atoms with Crippen molar-refractivity contribution in [3.8, 4) is 0 Å². The first-order valence-corrected chi connectivity index (χ1v) is 11.0. The number of nitrogens with one attached hydrogen (secondary N) is 1.